The van der Waals surface area contributed by atoms with E-state index in [0.29, 0.717) is 0 Å². The first-order valence-electron chi connectivity index (χ1n) is 10.6. The quantitative estimate of drug-likeness (QED) is 0.189. The van der Waals surface area contributed by atoms with Gasteiger partial charge in [-0.25, -0.2) is 0 Å². The Morgan fingerprint density at radius 3 is 1.32 bits per heavy atom. The molecule has 0 N–H and O–H groups in total. The molecule has 0 aliphatic rings. The Balaban J connectivity index is 1.29. The van der Waals surface area contributed by atoms with E-state index in [2.05, 4.69) is 85.3 Å². The molecule has 1 nitrogen and oxygen atoms in total. The van der Waals surface area contributed by atoms with E-state index in [1.807, 2.05) is 0 Å². The monoisotopic (exact) mass is 550 g/mol. The highest BCUT2D eigenvalue weighted by Gasteiger charge is 2.22. The molecule has 0 radical (unpaired) electrons. The van der Waals surface area contributed by atoms with Gasteiger partial charge < -0.3 is 0 Å². The molecular weight excluding hydrogens is 533 g/mol. The summed E-state index contributed by atoms with van der Waals surface area (Å²) in [6.45, 7) is 4.11. The zero-order chi connectivity index (χ0) is 23.2. The normalized spacial score (nSPS) is 11.4. The third-order valence-corrected chi connectivity index (χ3v) is 12.6. The number of carbonyl (C=O) groups is 1. The Kier molecular flexibility index (Phi) is 6.01. The van der Waals surface area contributed by atoms with Crippen LogP contribution in [0, 0.1) is 13.8 Å². The van der Waals surface area contributed by atoms with Crippen molar-refractivity contribution in [2.24, 2.45) is 0 Å². The zero-order valence-electron chi connectivity index (χ0n) is 18.3. The summed E-state index contributed by atoms with van der Waals surface area (Å²) in [7, 11) is 0. The summed E-state index contributed by atoms with van der Waals surface area (Å²) in [5.41, 5.74) is 2.11. The van der Waals surface area contributed by atoms with Crippen LogP contribution in [0.1, 0.15) is 25.7 Å². The number of rotatable bonds is 6. The fourth-order valence-electron chi connectivity index (χ4n) is 3.80. The third kappa shape index (κ3) is 4.11. The van der Waals surface area contributed by atoms with E-state index in [1.165, 1.54) is 39.0 Å². The molecule has 0 fully saturated rings. The van der Waals surface area contributed by atoms with Gasteiger partial charge in [0.05, 0.1) is 9.75 Å². The van der Waals surface area contributed by atoms with Gasteiger partial charge in [-0.3, -0.25) is 4.79 Å². The van der Waals surface area contributed by atoms with Crippen molar-refractivity contribution in [1.82, 2.24) is 0 Å². The Hall–Kier alpha value is -2.13. The van der Waals surface area contributed by atoms with Crippen LogP contribution >= 0.6 is 68.0 Å². The topological polar surface area (TPSA) is 17.1 Å². The fraction of sp³-hybridized carbons (Fsp3) is 0.0741. The molecule has 6 rings (SSSR count). The van der Waals surface area contributed by atoms with Crippen molar-refractivity contribution >= 4 is 73.8 Å². The molecule has 0 amide bonds. The molecule has 0 aliphatic carbocycles. The van der Waals surface area contributed by atoms with Crippen molar-refractivity contribution in [2.45, 2.75) is 13.8 Å². The first kappa shape index (κ1) is 22.3. The Labute approximate surface area is 222 Å². The van der Waals surface area contributed by atoms with Crippen molar-refractivity contribution in [1.29, 1.82) is 0 Å². The number of carbonyl (C=O) groups excluding carboxylic acids is 1. The summed E-state index contributed by atoms with van der Waals surface area (Å²) in [4.78, 5) is 25.2. The molecule has 6 heterocycles. The van der Waals surface area contributed by atoms with E-state index < -0.39 is 0 Å². The van der Waals surface area contributed by atoms with Gasteiger partial charge in [-0.2, -0.15) is 0 Å². The van der Waals surface area contributed by atoms with E-state index in [4.69, 9.17) is 0 Å². The molecule has 7 heteroatoms. The molecule has 6 aromatic rings. The maximum absolute atomic E-state index is 13.6. The molecule has 34 heavy (non-hydrogen) atoms. The van der Waals surface area contributed by atoms with E-state index >= 15 is 0 Å². The second kappa shape index (κ2) is 9.15. The summed E-state index contributed by atoms with van der Waals surface area (Å²) in [5, 5.41) is 4.22. The van der Waals surface area contributed by atoms with Gasteiger partial charge in [0, 0.05) is 39.0 Å². The minimum atomic E-state index is 0.146. The molecule has 0 spiro atoms. The van der Waals surface area contributed by atoms with Crippen molar-refractivity contribution in [3.63, 3.8) is 0 Å². The van der Waals surface area contributed by atoms with Crippen LogP contribution < -0.4 is 0 Å². The minimum Gasteiger partial charge on any atom is -0.287 e. The highest BCUT2D eigenvalue weighted by atomic mass is 32.1. The first-order chi connectivity index (χ1) is 16.6. The lowest BCUT2D eigenvalue weighted by atomic mass is 10.1. The summed E-state index contributed by atoms with van der Waals surface area (Å²) < 4.78 is 0. The summed E-state index contributed by atoms with van der Waals surface area (Å²) in [6, 6.07) is 21.5. The van der Waals surface area contributed by atoms with Crippen LogP contribution in [0.5, 0.6) is 0 Å². The highest BCUT2D eigenvalue weighted by molar-refractivity contribution is 7.28. The molecule has 0 unspecified atom stereocenters. The number of thiophene rings is 6. The number of hydrogen-bond acceptors (Lipinski definition) is 7. The van der Waals surface area contributed by atoms with Gasteiger partial charge in [0.1, 0.15) is 0 Å². The molecule has 0 saturated heterocycles. The van der Waals surface area contributed by atoms with Gasteiger partial charge in [-0.15, -0.1) is 68.0 Å². The zero-order valence-corrected chi connectivity index (χ0v) is 23.2. The van der Waals surface area contributed by atoms with Crippen molar-refractivity contribution < 1.29 is 4.79 Å². The van der Waals surface area contributed by atoms with E-state index in [1.54, 1.807) is 68.0 Å². The SMILES string of the molecule is Cc1cc(-c2ccc(-c3cccs3)s2)sc1C(=O)c1sc(-c2ccc(-c3cccs3)s2)cc1C. The van der Waals surface area contributed by atoms with Gasteiger partial charge in [-0.05, 0) is 84.3 Å². The molecule has 0 bridgehead atoms. The van der Waals surface area contributed by atoms with Crippen molar-refractivity contribution in [3.8, 4) is 39.0 Å². The third-order valence-electron chi connectivity index (χ3n) is 5.47. The lowest BCUT2D eigenvalue weighted by molar-refractivity contribution is 0.104. The van der Waals surface area contributed by atoms with Crippen LogP contribution in [-0.4, -0.2) is 5.78 Å². The Morgan fingerprint density at radius 2 is 0.941 bits per heavy atom. The summed E-state index contributed by atoms with van der Waals surface area (Å²) in [6.07, 6.45) is 0. The smallest absolute Gasteiger partial charge is 0.213 e. The standard InChI is InChI=1S/C27H18OS6/c1-15-13-23(21-9-7-19(31-21)17-5-3-11-29-17)33-26(15)25(28)27-16(2)14-24(34-27)22-10-8-20(32-22)18-6-4-12-30-18/h3-14H,1-2H3. The highest BCUT2D eigenvalue weighted by Crippen LogP contribution is 2.43. The molecule has 0 atom stereocenters. The van der Waals surface area contributed by atoms with Gasteiger partial charge in [0.2, 0.25) is 5.78 Å². The van der Waals surface area contributed by atoms with Gasteiger partial charge in [0.15, 0.2) is 0 Å². The fourth-order valence-corrected chi connectivity index (χ4v) is 9.95. The predicted octanol–water partition coefficient (Wildman–Crippen LogP) is 10.6. The van der Waals surface area contributed by atoms with E-state index in [0.717, 1.165) is 20.9 Å². The maximum atomic E-state index is 13.6. The van der Waals surface area contributed by atoms with Crippen LogP contribution in [0.25, 0.3) is 39.0 Å². The van der Waals surface area contributed by atoms with Crippen molar-refractivity contribution in [3.05, 3.63) is 92.3 Å². The second-order valence-electron chi connectivity index (χ2n) is 7.86. The number of aryl methyl sites for hydroxylation is 2. The largest absolute Gasteiger partial charge is 0.287 e. The van der Waals surface area contributed by atoms with Crippen molar-refractivity contribution in [2.75, 3.05) is 0 Å². The van der Waals surface area contributed by atoms with Gasteiger partial charge in [0.25, 0.3) is 0 Å². The molecular formula is C27H18OS6. The number of hydrogen-bond donors (Lipinski definition) is 0. The minimum absolute atomic E-state index is 0.146. The Morgan fingerprint density at radius 1 is 0.529 bits per heavy atom. The lowest BCUT2D eigenvalue weighted by Gasteiger charge is -1.98. The average Bonchev–Trinajstić information content (AvgIpc) is 3.64. The van der Waals surface area contributed by atoms with E-state index in [-0.39, 0.29) is 5.78 Å². The van der Waals surface area contributed by atoms with Crippen LogP contribution in [0.3, 0.4) is 0 Å². The van der Waals surface area contributed by atoms with Crippen LogP contribution in [0.4, 0.5) is 0 Å². The second-order valence-corrected chi connectivity index (χ2v) is 14.0. The summed E-state index contributed by atoms with van der Waals surface area (Å²) in [5.74, 6) is 0.146. The van der Waals surface area contributed by atoms with Crippen LogP contribution in [0.15, 0.2) is 71.4 Å². The van der Waals surface area contributed by atoms with Gasteiger partial charge in [-0.1, -0.05) is 12.1 Å². The molecule has 0 aliphatic heterocycles. The number of ketones is 1. The predicted molar refractivity (Wildman–Crippen MR) is 155 cm³/mol. The lowest BCUT2D eigenvalue weighted by Crippen LogP contribution is -1.98. The Bertz CT molecular complexity index is 1470. The molecule has 0 saturated carbocycles. The van der Waals surface area contributed by atoms with Gasteiger partial charge >= 0.3 is 0 Å². The molecule has 6 aromatic heterocycles. The average molecular weight is 551 g/mol. The van der Waals surface area contributed by atoms with Crippen LogP contribution in [-0.2, 0) is 0 Å². The van der Waals surface area contributed by atoms with Crippen LogP contribution in [0.2, 0.25) is 0 Å². The molecule has 0 aromatic carbocycles. The molecule has 168 valence electrons. The maximum Gasteiger partial charge on any atom is 0.213 e. The summed E-state index contributed by atoms with van der Waals surface area (Å²) >= 11 is 10.3. The first-order valence-corrected chi connectivity index (χ1v) is 15.6. The van der Waals surface area contributed by atoms with E-state index in [9.17, 15) is 4.79 Å².